The van der Waals surface area contributed by atoms with Gasteiger partial charge in [-0.15, -0.1) is 0 Å². The molecule has 0 aliphatic carbocycles. The second-order valence-corrected chi connectivity index (χ2v) is 6.61. The number of carbonyl (C=O) groups excluding carboxylic acids is 2. The van der Waals surface area contributed by atoms with Gasteiger partial charge in [-0.2, -0.15) is 0 Å². The molecule has 0 atom stereocenters. The lowest BCUT2D eigenvalue weighted by Gasteiger charge is -2.08. The van der Waals surface area contributed by atoms with E-state index < -0.39 is 28.5 Å². The van der Waals surface area contributed by atoms with Gasteiger partial charge in [0.25, 0.3) is 5.91 Å². The van der Waals surface area contributed by atoms with Crippen LogP contribution in [0.3, 0.4) is 0 Å². The number of para-hydroxylation sites is 1. The molecule has 0 aliphatic heterocycles. The minimum atomic E-state index is -3.66. The number of esters is 1. The molecule has 0 fully saturated rings. The highest BCUT2D eigenvalue weighted by atomic mass is 32.2. The van der Waals surface area contributed by atoms with Gasteiger partial charge >= 0.3 is 5.97 Å². The number of hydrogen-bond acceptors (Lipinski definition) is 5. The minimum Gasteiger partial charge on any atom is -0.452 e. The average molecular weight is 348 g/mol. The highest BCUT2D eigenvalue weighted by molar-refractivity contribution is 7.89. The van der Waals surface area contributed by atoms with Gasteiger partial charge in [-0.3, -0.25) is 4.79 Å². The Bertz CT molecular complexity index is 835. The number of anilines is 1. The van der Waals surface area contributed by atoms with Crippen molar-refractivity contribution >= 4 is 27.6 Å². The van der Waals surface area contributed by atoms with Gasteiger partial charge in [0.1, 0.15) is 0 Å². The highest BCUT2D eigenvalue weighted by Crippen LogP contribution is 2.12. The van der Waals surface area contributed by atoms with Gasteiger partial charge in [-0.05, 0) is 37.4 Å². The van der Waals surface area contributed by atoms with Gasteiger partial charge in [0.2, 0.25) is 10.0 Å². The molecule has 0 radical (unpaired) electrons. The van der Waals surface area contributed by atoms with Crippen molar-refractivity contribution in [1.29, 1.82) is 0 Å². The van der Waals surface area contributed by atoms with Crippen molar-refractivity contribution in [3.63, 3.8) is 0 Å². The fourth-order valence-corrected chi connectivity index (χ4v) is 2.62. The molecule has 0 saturated heterocycles. The first-order valence-electron chi connectivity index (χ1n) is 6.98. The molecular formula is C16H16N2O5S. The first-order valence-corrected chi connectivity index (χ1v) is 8.46. The predicted octanol–water partition coefficient (Wildman–Crippen LogP) is 1.39. The smallest absolute Gasteiger partial charge is 0.338 e. The van der Waals surface area contributed by atoms with Crippen molar-refractivity contribution < 1.29 is 22.7 Å². The number of hydrogen-bond donors (Lipinski definition) is 2. The molecule has 2 aromatic rings. The second-order valence-electron chi connectivity index (χ2n) is 4.73. The van der Waals surface area contributed by atoms with E-state index in [1.807, 2.05) is 6.07 Å². The van der Waals surface area contributed by atoms with E-state index in [0.717, 1.165) is 0 Å². The van der Waals surface area contributed by atoms with E-state index in [1.54, 1.807) is 24.3 Å². The summed E-state index contributed by atoms with van der Waals surface area (Å²) in [6, 6.07) is 14.1. The third-order valence-electron chi connectivity index (χ3n) is 3.04. The fourth-order valence-electron chi connectivity index (χ4n) is 1.84. The molecule has 0 spiro atoms. The Morgan fingerprint density at radius 1 is 1.04 bits per heavy atom. The highest BCUT2D eigenvalue weighted by Gasteiger charge is 2.16. The van der Waals surface area contributed by atoms with Crippen LogP contribution in [0.5, 0.6) is 0 Å². The summed E-state index contributed by atoms with van der Waals surface area (Å²) in [4.78, 5) is 23.6. The van der Waals surface area contributed by atoms with E-state index >= 15 is 0 Å². The van der Waals surface area contributed by atoms with Crippen LogP contribution in [-0.4, -0.2) is 33.9 Å². The van der Waals surface area contributed by atoms with Gasteiger partial charge in [0.15, 0.2) is 6.61 Å². The maximum absolute atomic E-state index is 12.0. The Hall–Kier alpha value is -2.71. The monoisotopic (exact) mass is 348 g/mol. The Labute approximate surface area is 139 Å². The zero-order valence-corrected chi connectivity index (χ0v) is 13.7. The molecule has 2 aromatic carbocycles. The van der Waals surface area contributed by atoms with Gasteiger partial charge < -0.3 is 10.1 Å². The van der Waals surface area contributed by atoms with E-state index in [2.05, 4.69) is 10.0 Å². The van der Waals surface area contributed by atoms with Crippen LogP contribution in [0.4, 0.5) is 5.69 Å². The van der Waals surface area contributed by atoms with E-state index in [9.17, 15) is 18.0 Å². The van der Waals surface area contributed by atoms with Crippen molar-refractivity contribution in [2.75, 3.05) is 19.0 Å². The average Bonchev–Trinajstić information content (AvgIpc) is 2.60. The molecule has 0 unspecified atom stereocenters. The van der Waals surface area contributed by atoms with Crippen LogP contribution in [0.25, 0.3) is 0 Å². The lowest BCUT2D eigenvalue weighted by Crippen LogP contribution is -2.21. The van der Waals surface area contributed by atoms with Crippen molar-refractivity contribution in [3.8, 4) is 0 Å². The third-order valence-corrected chi connectivity index (χ3v) is 4.45. The Kier molecular flexibility index (Phi) is 5.67. The zero-order valence-electron chi connectivity index (χ0n) is 12.9. The van der Waals surface area contributed by atoms with Gasteiger partial charge in [0, 0.05) is 5.69 Å². The molecule has 0 heterocycles. The van der Waals surface area contributed by atoms with Gasteiger partial charge in [-0.1, -0.05) is 24.3 Å². The number of amides is 1. The molecule has 2 N–H and O–H groups in total. The van der Waals surface area contributed by atoms with Gasteiger partial charge in [-0.25, -0.2) is 17.9 Å². The van der Waals surface area contributed by atoms with Crippen LogP contribution < -0.4 is 10.0 Å². The minimum absolute atomic E-state index is 0.0406. The number of nitrogens with one attached hydrogen (secondary N) is 2. The van der Waals surface area contributed by atoms with Crippen molar-refractivity contribution in [1.82, 2.24) is 4.72 Å². The van der Waals surface area contributed by atoms with E-state index in [4.69, 9.17) is 4.74 Å². The second kappa shape index (κ2) is 7.71. The molecule has 8 heteroatoms. The van der Waals surface area contributed by atoms with Crippen molar-refractivity contribution in [2.45, 2.75) is 4.90 Å². The largest absolute Gasteiger partial charge is 0.452 e. The summed E-state index contributed by atoms with van der Waals surface area (Å²) < 4.78 is 30.5. The summed E-state index contributed by atoms with van der Waals surface area (Å²) in [6.07, 6.45) is 0. The molecule has 0 saturated carbocycles. The summed E-state index contributed by atoms with van der Waals surface area (Å²) in [6.45, 7) is -0.475. The maximum atomic E-state index is 12.0. The van der Waals surface area contributed by atoms with Crippen molar-refractivity contribution in [3.05, 3.63) is 60.2 Å². The molecule has 1 amide bonds. The first-order chi connectivity index (χ1) is 11.4. The van der Waals surface area contributed by atoms with Crippen LogP contribution in [0.15, 0.2) is 59.5 Å². The molecule has 24 heavy (non-hydrogen) atoms. The van der Waals surface area contributed by atoms with E-state index in [1.165, 1.54) is 31.3 Å². The topological polar surface area (TPSA) is 102 Å². The standard InChI is InChI=1S/C16H16N2O5S/c1-17-24(21,22)14-9-5-6-12(10-14)16(20)23-11-15(19)18-13-7-3-2-4-8-13/h2-10,17H,11H2,1H3,(H,18,19). The number of carbonyl (C=O) groups is 2. The molecule has 0 bridgehead atoms. The SMILES string of the molecule is CNS(=O)(=O)c1cccc(C(=O)OCC(=O)Nc2ccccc2)c1. The summed E-state index contributed by atoms with van der Waals surface area (Å²) in [5.41, 5.74) is 0.625. The van der Waals surface area contributed by atoms with Crippen LogP contribution >= 0.6 is 0 Å². The molecule has 126 valence electrons. The number of sulfonamides is 1. The molecule has 0 aliphatic rings. The number of rotatable bonds is 6. The Morgan fingerprint density at radius 2 is 1.75 bits per heavy atom. The first kappa shape index (κ1) is 17.6. The third kappa shape index (κ3) is 4.64. The Balaban J connectivity index is 1.98. The lowest BCUT2D eigenvalue weighted by atomic mass is 10.2. The van der Waals surface area contributed by atoms with E-state index in [-0.39, 0.29) is 10.5 Å². The predicted molar refractivity (Wildman–Crippen MR) is 88.0 cm³/mol. The fraction of sp³-hybridized carbons (Fsp3) is 0.125. The normalized spacial score (nSPS) is 10.9. The summed E-state index contributed by atoms with van der Waals surface area (Å²) in [5.74, 6) is -1.28. The quantitative estimate of drug-likeness (QED) is 0.768. The number of benzene rings is 2. The van der Waals surface area contributed by atoms with Crippen LogP contribution in [0, 0.1) is 0 Å². The molecular weight excluding hydrogens is 332 g/mol. The molecule has 2 rings (SSSR count). The summed E-state index contributed by atoms with van der Waals surface area (Å²) in [7, 11) is -2.39. The van der Waals surface area contributed by atoms with Crippen molar-refractivity contribution in [2.24, 2.45) is 0 Å². The van der Waals surface area contributed by atoms with Crippen LogP contribution in [0.1, 0.15) is 10.4 Å². The van der Waals surface area contributed by atoms with E-state index in [0.29, 0.717) is 5.69 Å². The van der Waals surface area contributed by atoms with Gasteiger partial charge in [0.05, 0.1) is 10.5 Å². The maximum Gasteiger partial charge on any atom is 0.338 e. The van der Waals surface area contributed by atoms with Crippen LogP contribution in [-0.2, 0) is 19.6 Å². The Morgan fingerprint density at radius 3 is 2.42 bits per heavy atom. The lowest BCUT2D eigenvalue weighted by molar-refractivity contribution is -0.119. The summed E-state index contributed by atoms with van der Waals surface area (Å²) in [5, 5.41) is 2.57. The summed E-state index contributed by atoms with van der Waals surface area (Å²) >= 11 is 0. The molecule has 0 aromatic heterocycles. The zero-order chi connectivity index (χ0) is 17.6. The molecule has 7 nitrogen and oxygen atoms in total. The van der Waals surface area contributed by atoms with Crippen LogP contribution in [0.2, 0.25) is 0 Å². The number of ether oxygens (including phenoxy) is 1.